The van der Waals surface area contributed by atoms with Crippen LogP contribution in [0.5, 0.6) is 0 Å². The number of aliphatic hydroxyl groups is 1. The Morgan fingerprint density at radius 2 is 2.38 bits per heavy atom. The summed E-state index contributed by atoms with van der Waals surface area (Å²) in [5, 5.41) is 16.9. The molecule has 0 bridgehead atoms. The monoisotopic (exact) mass is 234 g/mol. The molecular formula is C12H14N2OS. The topological polar surface area (TPSA) is 45.2 Å². The average molecular weight is 234 g/mol. The highest BCUT2D eigenvalue weighted by Gasteiger charge is 2.07. The van der Waals surface area contributed by atoms with Gasteiger partial charge in [0.25, 0.3) is 0 Å². The maximum Gasteiger partial charge on any atom is 0.126 e. The Kier molecular flexibility index (Phi) is 3.54. The molecule has 0 aliphatic carbocycles. The summed E-state index contributed by atoms with van der Waals surface area (Å²) in [6.07, 6.45) is 1.28. The standard InChI is InChI=1S/C12H14N2OS/c1-9-2-4-13-12(6-9)14-7-11(15)10-3-5-16-8-10/h2-6,8,11,15H,7H2,1H3,(H,13,14). The molecule has 0 saturated heterocycles. The summed E-state index contributed by atoms with van der Waals surface area (Å²) < 4.78 is 0. The van der Waals surface area contributed by atoms with E-state index >= 15 is 0 Å². The summed E-state index contributed by atoms with van der Waals surface area (Å²) in [6, 6.07) is 5.83. The van der Waals surface area contributed by atoms with Crippen LogP contribution in [0.4, 0.5) is 5.82 Å². The van der Waals surface area contributed by atoms with Crippen LogP contribution in [-0.4, -0.2) is 16.6 Å². The van der Waals surface area contributed by atoms with Gasteiger partial charge in [-0.2, -0.15) is 11.3 Å². The van der Waals surface area contributed by atoms with Crippen molar-refractivity contribution in [3.05, 3.63) is 46.3 Å². The zero-order valence-electron chi connectivity index (χ0n) is 9.05. The van der Waals surface area contributed by atoms with Gasteiger partial charge < -0.3 is 10.4 Å². The third-order valence-corrected chi connectivity index (χ3v) is 3.02. The number of thiophene rings is 1. The van der Waals surface area contributed by atoms with Gasteiger partial charge >= 0.3 is 0 Å². The minimum atomic E-state index is -0.478. The molecule has 2 rings (SSSR count). The fraction of sp³-hybridized carbons (Fsp3) is 0.250. The number of hydrogen-bond donors (Lipinski definition) is 2. The lowest BCUT2D eigenvalue weighted by Crippen LogP contribution is -2.12. The van der Waals surface area contributed by atoms with Gasteiger partial charge in [-0.25, -0.2) is 4.98 Å². The van der Waals surface area contributed by atoms with E-state index in [4.69, 9.17) is 0 Å². The van der Waals surface area contributed by atoms with Gasteiger partial charge in [-0.15, -0.1) is 0 Å². The zero-order valence-corrected chi connectivity index (χ0v) is 9.87. The molecule has 0 aliphatic rings. The predicted octanol–water partition coefficient (Wildman–Crippen LogP) is 2.60. The Balaban J connectivity index is 1.92. The number of aromatic nitrogens is 1. The fourth-order valence-electron chi connectivity index (χ4n) is 1.42. The lowest BCUT2D eigenvalue weighted by atomic mass is 10.2. The van der Waals surface area contributed by atoms with Crippen molar-refractivity contribution in [1.82, 2.24) is 4.98 Å². The van der Waals surface area contributed by atoms with Crippen LogP contribution >= 0.6 is 11.3 Å². The third kappa shape index (κ3) is 2.81. The van der Waals surface area contributed by atoms with Crippen LogP contribution in [-0.2, 0) is 0 Å². The lowest BCUT2D eigenvalue weighted by Gasteiger charge is -2.11. The predicted molar refractivity (Wildman–Crippen MR) is 66.7 cm³/mol. The smallest absolute Gasteiger partial charge is 0.126 e. The van der Waals surface area contributed by atoms with E-state index in [0.29, 0.717) is 6.54 Å². The summed E-state index contributed by atoms with van der Waals surface area (Å²) in [5.41, 5.74) is 2.10. The van der Waals surface area contributed by atoms with Crippen LogP contribution in [0, 0.1) is 6.92 Å². The van der Waals surface area contributed by atoms with E-state index in [1.807, 2.05) is 35.9 Å². The quantitative estimate of drug-likeness (QED) is 0.854. The van der Waals surface area contributed by atoms with Crippen molar-refractivity contribution >= 4 is 17.2 Å². The van der Waals surface area contributed by atoms with E-state index in [9.17, 15) is 5.11 Å². The van der Waals surface area contributed by atoms with Crippen LogP contribution in [0.15, 0.2) is 35.2 Å². The molecule has 2 N–H and O–H groups in total. The van der Waals surface area contributed by atoms with Crippen LogP contribution < -0.4 is 5.32 Å². The Morgan fingerprint density at radius 3 is 3.06 bits per heavy atom. The van der Waals surface area contributed by atoms with Gasteiger partial charge in [0.05, 0.1) is 6.10 Å². The van der Waals surface area contributed by atoms with Crippen LogP contribution in [0.3, 0.4) is 0 Å². The van der Waals surface area contributed by atoms with Crippen molar-refractivity contribution in [3.63, 3.8) is 0 Å². The highest BCUT2D eigenvalue weighted by molar-refractivity contribution is 7.07. The number of rotatable bonds is 4. The van der Waals surface area contributed by atoms with Gasteiger partial charge in [0.15, 0.2) is 0 Å². The minimum Gasteiger partial charge on any atom is -0.387 e. The first-order valence-corrected chi connectivity index (χ1v) is 6.06. The average Bonchev–Trinajstić information content (AvgIpc) is 2.79. The highest BCUT2D eigenvalue weighted by atomic mass is 32.1. The molecule has 16 heavy (non-hydrogen) atoms. The molecule has 0 spiro atoms. The summed E-state index contributed by atoms with van der Waals surface area (Å²) >= 11 is 1.59. The van der Waals surface area contributed by atoms with E-state index in [-0.39, 0.29) is 0 Å². The molecule has 1 unspecified atom stereocenters. The second-order valence-electron chi connectivity index (χ2n) is 3.67. The van der Waals surface area contributed by atoms with Crippen molar-refractivity contribution < 1.29 is 5.11 Å². The van der Waals surface area contributed by atoms with Crippen molar-refractivity contribution in [2.45, 2.75) is 13.0 Å². The summed E-state index contributed by atoms with van der Waals surface area (Å²) in [5.74, 6) is 0.800. The highest BCUT2D eigenvalue weighted by Crippen LogP contribution is 2.16. The Labute approximate surface area is 98.8 Å². The first kappa shape index (κ1) is 11.1. The van der Waals surface area contributed by atoms with Gasteiger partial charge in [0, 0.05) is 12.7 Å². The Morgan fingerprint density at radius 1 is 1.50 bits per heavy atom. The van der Waals surface area contributed by atoms with E-state index in [0.717, 1.165) is 16.9 Å². The van der Waals surface area contributed by atoms with Gasteiger partial charge in [-0.1, -0.05) is 0 Å². The largest absolute Gasteiger partial charge is 0.387 e. The van der Waals surface area contributed by atoms with Crippen molar-refractivity contribution in [3.8, 4) is 0 Å². The molecule has 1 atom stereocenters. The van der Waals surface area contributed by atoms with Gasteiger partial charge in [0.2, 0.25) is 0 Å². The Bertz CT molecular complexity index is 442. The van der Waals surface area contributed by atoms with Crippen molar-refractivity contribution in [2.75, 3.05) is 11.9 Å². The van der Waals surface area contributed by atoms with Crippen LogP contribution in [0.1, 0.15) is 17.2 Å². The SMILES string of the molecule is Cc1ccnc(NCC(O)c2ccsc2)c1. The fourth-order valence-corrected chi connectivity index (χ4v) is 2.12. The molecule has 2 aromatic rings. The van der Waals surface area contributed by atoms with E-state index in [1.54, 1.807) is 17.5 Å². The molecule has 2 aromatic heterocycles. The maximum absolute atomic E-state index is 9.86. The maximum atomic E-state index is 9.86. The van der Waals surface area contributed by atoms with E-state index in [1.165, 1.54) is 0 Å². The molecule has 0 aromatic carbocycles. The van der Waals surface area contributed by atoms with E-state index < -0.39 is 6.10 Å². The molecule has 3 nitrogen and oxygen atoms in total. The van der Waals surface area contributed by atoms with Gasteiger partial charge in [-0.05, 0) is 47.0 Å². The summed E-state index contributed by atoms with van der Waals surface area (Å²) in [7, 11) is 0. The first-order valence-electron chi connectivity index (χ1n) is 5.12. The number of pyridine rings is 1. The van der Waals surface area contributed by atoms with Gasteiger partial charge in [0.1, 0.15) is 5.82 Å². The zero-order chi connectivity index (χ0) is 11.4. The molecule has 0 aliphatic heterocycles. The molecule has 0 fully saturated rings. The number of nitrogens with one attached hydrogen (secondary N) is 1. The first-order chi connectivity index (χ1) is 7.75. The Hall–Kier alpha value is -1.39. The molecular weight excluding hydrogens is 220 g/mol. The molecule has 2 heterocycles. The second kappa shape index (κ2) is 5.09. The minimum absolute atomic E-state index is 0.478. The molecule has 0 radical (unpaired) electrons. The third-order valence-electron chi connectivity index (χ3n) is 2.32. The molecule has 0 amide bonds. The number of hydrogen-bond acceptors (Lipinski definition) is 4. The van der Waals surface area contributed by atoms with E-state index in [2.05, 4.69) is 10.3 Å². The lowest BCUT2D eigenvalue weighted by molar-refractivity contribution is 0.192. The molecule has 0 saturated carbocycles. The van der Waals surface area contributed by atoms with Crippen LogP contribution in [0.2, 0.25) is 0 Å². The summed E-state index contributed by atoms with van der Waals surface area (Å²) in [6.45, 7) is 2.50. The normalized spacial score (nSPS) is 12.4. The van der Waals surface area contributed by atoms with Gasteiger partial charge in [-0.3, -0.25) is 0 Å². The van der Waals surface area contributed by atoms with Crippen LogP contribution in [0.25, 0.3) is 0 Å². The van der Waals surface area contributed by atoms with Crippen molar-refractivity contribution in [2.24, 2.45) is 0 Å². The molecule has 4 heteroatoms. The summed E-state index contributed by atoms with van der Waals surface area (Å²) in [4.78, 5) is 4.17. The number of aryl methyl sites for hydroxylation is 1. The second-order valence-corrected chi connectivity index (χ2v) is 4.45. The molecule has 84 valence electrons. The number of anilines is 1. The number of nitrogens with zero attached hydrogens (tertiary/aromatic N) is 1. The number of aliphatic hydroxyl groups excluding tert-OH is 1. The van der Waals surface area contributed by atoms with Crippen molar-refractivity contribution in [1.29, 1.82) is 0 Å².